The number of carbonyl (C=O) groups excluding carboxylic acids is 2. The molecule has 0 atom stereocenters. The van der Waals surface area contributed by atoms with Gasteiger partial charge in [-0.1, -0.05) is 38.5 Å². The first-order chi connectivity index (χ1) is 9.75. The van der Waals surface area contributed by atoms with Crippen LogP contribution in [-0.2, 0) is 9.59 Å². The van der Waals surface area contributed by atoms with Crippen LogP contribution in [0.5, 0.6) is 0 Å². The fourth-order valence-corrected chi connectivity index (χ4v) is 3.74. The Morgan fingerprint density at radius 1 is 0.900 bits per heavy atom. The minimum absolute atomic E-state index is 0.0903. The molecule has 110 valence electrons. The van der Waals surface area contributed by atoms with Gasteiger partial charge in [0.25, 0.3) is 11.8 Å². The van der Waals surface area contributed by atoms with Crippen molar-refractivity contribution in [1.29, 1.82) is 0 Å². The fraction of sp³-hybridized carbons (Fsp3) is 0.750. The van der Waals surface area contributed by atoms with Gasteiger partial charge in [-0.2, -0.15) is 0 Å². The fourth-order valence-electron chi connectivity index (χ4n) is 3.74. The van der Waals surface area contributed by atoms with E-state index in [0.717, 1.165) is 38.5 Å². The van der Waals surface area contributed by atoms with Crippen LogP contribution in [0, 0.1) is 0 Å². The maximum Gasteiger partial charge on any atom is 0.277 e. The molecule has 1 heterocycles. The molecule has 20 heavy (non-hydrogen) atoms. The first kappa shape index (κ1) is 13.7. The van der Waals surface area contributed by atoms with Gasteiger partial charge < -0.3 is 5.32 Å². The molecule has 1 N–H and O–H groups in total. The molecule has 2 fully saturated rings. The number of nitrogens with zero attached hydrogens (tertiary/aromatic N) is 1. The van der Waals surface area contributed by atoms with Crippen molar-refractivity contribution in [3.63, 3.8) is 0 Å². The Morgan fingerprint density at radius 2 is 1.50 bits per heavy atom. The maximum atomic E-state index is 12.5. The molecule has 0 aromatic carbocycles. The highest BCUT2D eigenvalue weighted by Crippen LogP contribution is 2.27. The average Bonchev–Trinajstić information content (AvgIpc) is 2.75. The Hall–Kier alpha value is -1.32. The van der Waals surface area contributed by atoms with Crippen molar-refractivity contribution in [2.45, 2.75) is 76.3 Å². The Labute approximate surface area is 120 Å². The van der Waals surface area contributed by atoms with Gasteiger partial charge in [-0.15, -0.1) is 0 Å². The second-order valence-corrected chi connectivity index (χ2v) is 6.34. The number of nitrogens with one attached hydrogen (secondary N) is 1. The van der Waals surface area contributed by atoms with Crippen LogP contribution in [0.4, 0.5) is 0 Å². The molecule has 0 unspecified atom stereocenters. The van der Waals surface area contributed by atoms with Crippen molar-refractivity contribution in [3.8, 4) is 0 Å². The average molecular weight is 276 g/mol. The van der Waals surface area contributed by atoms with E-state index >= 15 is 0 Å². The van der Waals surface area contributed by atoms with Crippen LogP contribution in [0.2, 0.25) is 0 Å². The number of carbonyl (C=O) groups is 2. The lowest BCUT2D eigenvalue weighted by Crippen LogP contribution is -2.43. The summed E-state index contributed by atoms with van der Waals surface area (Å²) in [6, 6.07) is 0.503. The Morgan fingerprint density at radius 3 is 2.15 bits per heavy atom. The van der Waals surface area contributed by atoms with E-state index in [1.54, 1.807) is 0 Å². The lowest BCUT2D eigenvalue weighted by atomic mass is 9.94. The van der Waals surface area contributed by atoms with Gasteiger partial charge in [-0.05, 0) is 25.7 Å². The lowest BCUT2D eigenvalue weighted by molar-refractivity contribution is -0.140. The molecular formula is C16H24N2O2. The van der Waals surface area contributed by atoms with Crippen molar-refractivity contribution in [3.05, 3.63) is 11.8 Å². The third-order valence-corrected chi connectivity index (χ3v) is 4.86. The van der Waals surface area contributed by atoms with Gasteiger partial charge in [0.2, 0.25) is 0 Å². The summed E-state index contributed by atoms with van der Waals surface area (Å²) in [6.07, 6.45) is 12.9. The summed E-state index contributed by atoms with van der Waals surface area (Å²) >= 11 is 0. The van der Waals surface area contributed by atoms with Crippen LogP contribution in [0.25, 0.3) is 0 Å². The quantitative estimate of drug-likeness (QED) is 0.806. The molecule has 2 aliphatic carbocycles. The van der Waals surface area contributed by atoms with Crippen LogP contribution in [0.3, 0.4) is 0 Å². The van der Waals surface area contributed by atoms with Crippen molar-refractivity contribution in [2.24, 2.45) is 0 Å². The van der Waals surface area contributed by atoms with Crippen molar-refractivity contribution in [2.75, 3.05) is 0 Å². The third-order valence-electron chi connectivity index (χ3n) is 4.86. The molecular weight excluding hydrogens is 252 g/mol. The smallest absolute Gasteiger partial charge is 0.277 e. The molecule has 2 saturated carbocycles. The number of hydrogen-bond donors (Lipinski definition) is 1. The van der Waals surface area contributed by atoms with E-state index in [4.69, 9.17) is 0 Å². The first-order valence-electron chi connectivity index (χ1n) is 8.11. The number of rotatable bonds is 3. The molecule has 4 nitrogen and oxygen atoms in total. The van der Waals surface area contributed by atoms with E-state index in [1.165, 1.54) is 36.7 Å². The van der Waals surface area contributed by atoms with Crippen molar-refractivity contribution in [1.82, 2.24) is 10.2 Å². The van der Waals surface area contributed by atoms with Crippen molar-refractivity contribution >= 4 is 11.8 Å². The first-order valence-corrected chi connectivity index (χ1v) is 8.11. The molecule has 0 aromatic heterocycles. The second-order valence-electron chi connectivity index (χ2n) is 6.34. The predicted molar refractivity (Wildman–Crippen MR) is 76.8 cm³/mol. The van der Waals surface area contributed by atoms with Gasteiger partial charge in [0.15, 0.2) is 0 Å². The highest BCUT2D eigenvalue weighted by atomic mass is 16.2. The van der Waals surface area contributed by atoms with Gasteiger partial charge in [0.1, 0.15) is 5.70 Å². The Balaban J connectivity index is 1.63. The van der Waals surface area contributed by atoms with E-state index < -0.39 is 0 Å². The van der Waals surface area contributed by atoms with E-state index in [0.29, 0.717) is 11.7 Å². The molecule has 0 radical (unpaired) electrons. The zero-order valence-electron chi connectivity index (χ0n) is 12.1. The second kappa shape index (κ2) is 5.98. The molecule has 3 aliphatic rings. The monoisotopic (exact) mass is 276 g/mol. The molecule has 0 spiro atoms. The van der Waals surface area contributed by atoms with Crippen LogP contribution >= 0.6 is 0 Å². The molecule has 4 heteroatoms. The van der Waals surface area contributed by atoms with Gasteiger partial charge in [0, 0.05) is 18.2 Å². The maximum absolute atomic E-state index is 12.5. The molecule has 0 saturated heterocycles. The van der Waals surface area contributed by atoms with Gasteiger partial charge in [-0.25, -0.2) is 0 Å². The molecule has 3 rings (SSSR count). The summed E-state index contributed by atoms with van der Waals surface area (Å²) < 4.78 is 0. The highest BCUT2D eigenvalue weighted by molar-refractivity contribution is 6.16. The predicted octanol–water partition coefficient (Wildman–Crippen LogP) is 2.49. The Bertz CT molecular complexity index is 418. The Kier molecular flexibility index (Phi) is 4.08. The van der Waals surface area contributed by atoms with Gasteiger partial charge in [-0.3, -0.25) is 14.5 Å². The lowest BCUT2D eigenvalue weighted by Gasteiger charge is -2.30. The summed E-state index contributed by atoms with van der Waals surface area (Å²) in [6.45, 7) is 0. The molecule has 1 aliphatic heterocycles. The topological polar surface area (TPSA) is 49.4 Å². The van der Waals surface area contributed by atoms with E-state index in [9.17, 15) is 9.59 Å². The summed E-state index contributed by atoms with van der Waals surface area (Å²) in [5, 5.41) is 3.32. The molecule has 0 aromatic rings. The number of amides is 2. The van der Waals surface area contributed by atoms with Crippen LogP contribution in [-0.4, -0.2) is 28.8 Å². The largest absolute Gasteiger partial charge is 0.378 e. The zero-order valence-corrected chi connectivity index (χ0v) is 12.1. The minimum atomic E-state index is -0.111. The number of imide groups is 1. The standard InChI is InChI=1S/C16H24N2O2/c19-15-11-14(17-12-7-3-1-4-8-12)16(20)18(15)13-9-5-2-6-10-13/h11-13,17H,1-10H2. The van der Waals surface area contributed by atoms with Gasteiger partial charge in [0.05, 0.1) is 0 Å². The zero-order chi connectivity index (χ0) is 13.9. The number of hydrogen-bond acceptors (Lipinski definition) is 3. The summed E-state index contributed by atoms with van der Waals surface area (Å²) in [7, 11) is 0. The normalized spacial score (nSPS) is 26.0. The van der Waals surface area contributed by atoms with Crippen LogP contribution in [0.1, 0.15) is 64.2 Å². The molecule has 2 amide bonds. The van der Waals surface area contributed by atoms with E-state index in [-0.39, 0.29) is 17.9 Å². The van der Waals surface area contributed by atoms with Crippen molar-refractivity contribution < 1.29 is 9.59 Å². The van der Waals surface area contributed by atoms with E-state index in [1.807, 2.05) is 0 Å². The highest BCUT2D eigenvalue weighted by Gasteiger charge is 2.37. The summed E-state index contributed by atoms with van der Waals surface area (Å²) in [5.41, 5.74) is 0.535. The minimum Gasteiger partial charge on any atom is -0.378 e. The summed E-state index contributed by atoms with van der Waals surface area (Å²) in [5.74, 6) is -0.201. The van der Waals surface area contributed by atoms with Crippen LogP contribution in [0.15, 0.2) is 11.8 Å². The summed E-state index contributed by atoms with van der Waals surface area (Å²) in [4.78, 5) is 26.1. The third kappa shape index (κ3) is 2.74. The van der Waals surface area contributed by atoms with Gasteiger partial charge >= 0.3 is 0 Å². The SMILES string of the molecule is O=C1C=C(NC2CCCCC2)C(=O)N1C1CCCCC1. The van der Waals surface area contributed by atoms with Crippen LogP contribution < -0.4 is 5.32 Å². The van der Waals surface area contributed by atoms with E-state index in [2.05, 4.69) is 5.32 Å². The molecule has 0 bridgehead atoms.